The highest BCUT2D eigenvalue weighted by molar-refractivity contribution is 6.07. The first kappa shape index (κ1) is 17.2. The van der Waals surface area contributed by atoms with E-state index in [2.05, 4.69) is 37.9 Å². The molecule has 2 aliphatic heterocycles. The summed E-state index contributed by atoms with van der Waals surface area (Å²) < 4.78 is 5.51. The van der Waals surface area contributed by atoms with Gasteiger partial charge in [0, 0.05) is 31.3 Å². The molecule has 0 saturated carbocycles. The third-order valence-corrected chi connectivity index (χ3v) is 4.96. The van der Waals surface area contributed by atoms with E-state index in [0.717, 1.165) is 6.54 Å². The van der Waals surface area contributed by atoms with Crippen LogP contribution in [0.2, 0.25) is 0 Å². The van der Waals surface area contributed by atoms with Crippen LogP contribution in [0.25, 0.3) is 0 Å². The molecule has 6 heteroatoms. The van der Waals surface area contributed by atoms with Gasteiger partial charge < -0.3 is 10.1 Å². The van der Waals surface area contributed by atoms with Gasteiger partial charge in [-0.3, -0.25) is 14.6 Å². The van der Waals surface area contributed by atoms with E-state index >= 15 is 0 Å². The van der Waals surface area contributed by atoms with Crippen LogP contribution < -0.4 is 5.32 Å². The first-order chi connectivity index (χ1) is 10.1. The SMILES string of the molecule is CCOCCN1C(C)(C)CC2(CC1(C)C)NC(=O)N(C)C2=O. The molecule has 0 atom stereocenters. The Hall–Kier alpha value is -1.14. The minimum absolute atomic E-state index is 0.108. The monoisotopic (exact) mass is 311 g/mol. The van der Waals surface area contributed by atoms with Crippen molar-refractivity contribution in [2.75, 3.05) is 26.8 Å². The average Bonchev–Trinajstić information content (AvgIpc) is 2.56. The Bertz CT molecular complexity index is 455. The topological polar surface area (TPSA) is 61.9 Å². The number of rotatable bonds is 4. The Balaban J connectivity index is 2.26. The van der Waals surface area contributed by atoms with E-state index in [-0.39, 0.29) is 23.0 Å². The number of ether oxygens (including phenoxy) is 1. The normalized spacial score (nSPS) is 26.5. The predicted octanol–water partition coefficient (Wildman–Crippen LogP) is 1.60. The number of hydrogen-bond donors (Lipinski definition) is 1. The molecule has 126 valence electrons. The van der Waals surface area contributed by atoms with Gasteiger partial charge in [-0.1, -0.05) is 0 Å². The molecule has 0 bridgehead atoms. The summed E-state index contributed by atoms with van der Waals surface area (Å²) in [6.45, 7) is 12.7. The van der Waals surface area contributed by atoms with Crippen molar-refractivity contribution in [2.45, 2.75) is 64.1 Å². The van der Waals surface area contributed by atoms with Gasteiger partial charge in [-0.05, 0) is 47.5 Å². The van der Waals surface area contributed by atoms with Gasteiger partial charge in [-0.15, -0.1) is 0 Å². The number of likely N-dealkylation sites (tertiary alicyclic amines) is 1. The second kappa shape index (κ2) is 5.49. The smallest absolute Gasteiger partial charge is 0.324 e. The molecular weight excluding hydrogens is 282 g/mol. The average molecular weight is 311 g/mol. The Morgan fingerprint density at radius 1 is 1.14 bits per heavy atom. The van der Waals surface area contributed by atoms with Gasteiger partial charge in [0.2, 0.25) is 0 Å². The molecule has 0 unspecified atom stereocenters. The van der Waals surface area contributed by atoms with Crippen molar-refractivity contribution < 1.29 is 14.3 Å². The molecule has 1 N–H and O–H groups in total. The second-order valence-electron chi connectivity index (χ2n) is 7.70. The molecule has 22 heavy (non-hydrogen) atoms. The maximum atomic E-state index is 12.6. The fourth-order valence-corrected chi connectivity index (χ4v) is 4.45. The quantitative estimate of drug-likeness (QED) is 0.633. The molecule has 0 aromatic rings. The molecule has 2 fully saturated rings. The van der Waals surface area contributed by atoms with E-state index < -0.39 is 5.54 Å². The van der Waals surface area contributed by atoms with E-state index in [9.17, 15) is 9.59 Å². The van der Waals surface area contributed by atoms with Crippen LogP contribution in [0.3, 0.4) is 0 Å². The van der Waals surface area contributed by atoms with Crippen molar-refractivity contribution in [2.24, 2.45) is 0 Å². The maximum Gasteiger partial charge on any atom is 0.324 e. The number of hydrogen-bond acceptors (Lipinski definition) is 4. The van der Waals surface area contributed by atoms with Crippen LogP contribution in [0.15, 0.2) is 0 Å². The molecule has 0 radical (unpaired) electrons. The summed E-state index contributed by atoms with van der Waals surface area (Å²) in [4.78, 5) is 28.2. The van der Waals surface area contributed by atoms with Crippen molar-refractivity contribution in [1.82, 2.24) is 15.1 Å². The zero-order chi connectivity index (χ0) is 16.8. The van der Waals surface area contributed by atoms with Crippen LogP contribution in [-0.4, -0.2) is 65.2 Å². The Labute approximate surface area is 133 Å². The minimum Gasteiger partial charge on any atom is -0.380 e. The van der Waals surface area contributed by atoms with Gasteiger partial charge in [0.25, 0.3) is 5.91 Å². The predicted molar refractivity (Wildman–Crippen MR) is 84.6 cm³/mol. The van der Waals surface area contributed by atoms with Crippen molar-refractivity contribution in [3.05, 3.63) is 0 Å². The summed E-state index contributed by atoms with van der Waals surface area (Å²) >= 11 is 0. The van der Waals surface area contributed by atoms with E-state index in [1.54, 1.807) is 7.05 Å². The summed E-state index contributed by atoms with van der Waals surface area (Å²) in [6.07, 6.45) is 1.23. The van der Waals surface area contributed by atoms with Gasteiger partial charge in [-0.2, -0.15) is 0 Å². The largest absolute Gasteiger partial charge is 0.380 e. The van der Waals surface area contributed by atoms with Gasteiger partial charge in [0.1, 0.15) is 5.54 Å². The molecule has 0 aromatic carbocycles. The van der Waals surface area contributed by atoms with Gasteiger partial charge in [0.15, 0.2) is 0 Å². The number of nitrogens with one attached hydrogen (secondary N) is 1. The summed E-state index contributed by atoms with van der Waals surface area (Å²) in [5.74, 6) is -0.108. The zero-order valence-corrected chi connectivity index (χ0v) is 14.7. The molecule has 2 rings (SSSR count). The van der Waals surface area contributed by atoms with Crippen molar-refractivity contribution >= 4 is 11.9 Å². The standard InChI is InChI=1S/C16H29N3O3/c1-7-22-9-8-19-14(2,3)10-16(11-15(19,4)5)12(20)18(6)13(21)17-16/h7-11H2,1-6H3,(H,17,21). The molecule has 6 nitrogen and oxygen atoms in total. The third-order valence-electron chi connectivity index (χ3n) is 4.96. The first-order valence-corrected chi connectivity index (χ1v) is 8.01. The highest BCUT2D eigenvalue weighted by Crippen LogP contribution is 2.45. The van der Waals surface area contributed by atoms with E-state index in [0.29, 0.717) is 26.1 Å². The van der Waals surface area contributed by atoms with Crippen LogP contribution >= 0.6 is 0 Å². The Morgan fingerprint density at radius 2 is 1.68 bits per heavy atom. The Morgan fingerprint density at radius 3 is 2.09 bits per heavy atom. The minimum atomic E-state index is -0.777. The third kappa shape index (κ3) is 2.74. The number of likely N-dealkylation sites (N-methyl/N-ethyl adjacent to an activating group) is 1. The molecule has 2 saturated heterocycles. The van der Waals surface area contributed by atoms with Crippen LogP contribution in [0.5, 0.6) is 0 Å². The van der Waals surface area contributed by atoms with Crippen LogP contribution in [-0.2, 0) is 9.53 Å². The molecule has 2 aliphatic rings. The summed E-state index contributed by atoms with van der Waals surface area (Å²) in [5.41, 5.74) is -1.18. The highest BCUT2D eigenvalue weighted by atomic mass is 16.5. The zero-order valence-electron chi connectivity index (χ0n) is 14.7. The van der Waals surface area contributed by atoms with Crippen molar-refractivity contribution in [3.8, 4) is 0 Å². The van der Waals surface area contributed by atoms with Gasteiger partial charge in [0.05, 0.1) is 6.61 Å². The van der Waals surface area contributed by atoms with Gasteiger partial charge in [-0.25, -0.2) is 4.79 Å². The lowest BCUT2D eigenvalue weighted by Gasteiger charge is -2.57. The Kier molecular flexibility index (Phi) is 4.30. The van der Waals surface area contributed by atoms with E-state index in [1.165, 1.54) is 4.90 Å². The molecule has 2 heterocycles. The summed E-state index contributed by atoms with van der Waals surface area (Å²) in [6, 6.07) is -0.292. The van der Waals surface area contributed by atoms with Crippen LogP contribution in [0.1, 0.15) is 47.5 Å². The van der Waals surface area contributed by atoms with Gasteiger partial charge >= 0.3 is 6.03 Å². The van der Waals surface area contributed by atoms with Crippen molar-refractivity contribution in [1.29, 1.82) is 0 Å². The number of imide groups is 1. The summed E-state index contributed by atoms with van der Waals surface area (Å²) in [7, 11) is 1.55. The summed E-state index contributed by atoms with van der Waals surface area (Å²) in [5, 5.41) is 2.95. The number of carbonyl (C=O) groups is 2. The van der Waals surface area contributed by atoms with Crippen molar-refractivity contribution in [3.63, 3.8) is 0 Å². The number of carbonyl (C=O) groups excluding carboxylic acids is 2. The number of piperidine rings is 1. The second-order valence-corrected chi connectivity index (χ2v) is 7.70. The molecule has 0 aromatic heterocycles. The first-order valence-electron chi connectivity index (χ1n) is 8.01. The fourth-order valence-electron chi connectivity index (χ4n) is 4.45. The number of nitrogens with zero attached hydrogens (tertiary/aromatic N) is 2. The van der Waals surface area contributed by atoms with Crippen LogP contribution in [0.4, 0.5) is 4.79 Å². The number of urea groups is 1. The number of amides is 3. The lowest BCUT2D eigenvalue weighted by molar-refractivity contribution is -0.140. The lowest BCUT2D eigenvalue weighted by atomic mass is 9.69. The highest BCUT2D eigenvalue weighted by Gasteiger charge is 2.60. The molecule has 0 aliphatic carbocycles. The maximum absolute atomic E-state index is 12.6. The molecule has 3 amide bonds. The lowest BCUT2D eigenvalue weighted by Crippen LogP contribution is -2.70. The fraction of sp³-hybridized carbons (Fsp3) is 0.875. The molecule has 1 spiro atoms. The van der Waals surface area contributed by atoms with E-state index in [1.807, 2.05) is 6.92 Å². The molecular formula is C16H29N3O3. The van der Waals surface area contributed by atoms with Crippen LogP contribution in [0, 0.1) is 0 Å². The van der Waals surface area contributed by atoms with E-state index in [4.69, 9.17) is 4.74 Å².